The minimum Gasteiger partial charge on any atom is -0.306 e. The van der Waals surface area contributed by atoms with Crippen LogP contribution in [0.2, 0.25) is 0 Å². The Balaban J connectivity index is 1.59. The number of allylic oxidation sites excluding steroid dienone is 4. The van der Waals surface area contributed by atoms with Crippen molar-refractivity contribution in [3.63, 3.8) is 0 Å². The highest BCUT2D eigenvalue weighted by Gasteiger charge is 2.22. The predicted octanol–water partition coefficient (Wildman–Crippen LogP) is 4.22. The van der Waals surface area contributed by atoms with Gasteiger partial charge in [0, 0.05) is 31.2 Å². The first-order valence-corrected chi connectivity index (χ1v) is 9.14. The molecule has 0 bridgehead atoms. The van der Waals surface area contributed by atoms with Gasteiger partial charge in [-0.05, 0) is 38.0 Å². The summed E-state index contributed by atoms with van der Waals surface area (Å²) in [7, 11) is 0. The summed E-state index contributed by atoms with van der Waals surface area (Å²) in [6.07, 6.45) is 10.2. The Labute approximate surface area is 153 Å². The van der Waals surface area contributed by atoms with E-state index in [1.807, 2.05) is 41.8 Å². The van der Waals surface area contributed by atoms with Crippen molar-refractivity contribution < 1.29 is 0 Å². The summed E-state index contributed by atoms with van der Waals surface area (Å²) in [5.74, 6) is 0. The first kappa shape index (κ1) is 17.8. The Kier molecular flexibility index (Phi) is 5.95. The number of hydrogen-bond donors (Lipinski definition) is 1. The van der Waals surface area contributed by atoms with Crippen LogP contribution in [0.25, 0.3) is 11.0 Å². The standard InChI is InChI=1S/C20H24ClN3O/c1-16(9-12-21)6-4-5-13-23-14-10-17(11-15-23)24-19-8-3-2-7-18(19)22-20(24)25/h2-9,12,17H,10-11,13-15H2,1H3,(H,22,25)/b5-4+,12-9+,16-6+. The van der Waals surface area contributed by atoms with Gasteiger partial charge >= 0.3 is 5.69 Å². The zero-order chi connectivity index (χ0) is 17.6. The van der Waals surface area contributed by atoms with Gasteiger partial charge in [-0.1, -0.05) is 47.5 Å². The van der Waals surface area contributed by atoms with E-state index in [1.165, 1.54) is 5.54 Å². The highest BCUT2D eigenvalue weighted by atomic mass is 35.5. The molecule has 25 heavy (non-hydrogen) atoms. The molecule has 1 aliphatic rings. The van der Waals surface area contributed by atoms with Gasteiger partial charge in [0.25, 0.3) is 0 Å². The molecule has 4 nitrogen and oxygen atoms in total. The smallest absolute Gasteiger partial charge is 0.306 e. The molecule has 3 rings (SSSR count). The van der Waals surface area contributed by atoms with Crippen LogP contribution < -0.4 is 5.69 Å². The molecule has 2 aromatic rings. The number of H-pyrrole nitrogens is 1. The van der Waals surface area contributed by atoms with E-state index in [9.17, 15) is 4.79 Å². The van der Waals surface area contributed by atoms with Gasteiger partial charge < -0.3 is 4.98 Å². The second-order valence-electron chi connectivity index (χ2n) is 6.48. The maximum Gasteiger partial charge on any atom is 0.326 e. The lowest BCUT2D eigenvalue weighted by molar-refractivity contribution is 0.203. The van der Waals surface area contributed by atoms with Crippen molar-refractivity contribution in [1.29, 1.82) is 0 Å². The van der Waals surface area contributed by atoms with E-state index < -0.39 is 0 Å². The van der Waals surface area contributed by atoms with E-state index in [0.717, 1.165) is 49.1 Å². The Morgan fingerprint density at radius 1 is 1.32 bits per heavy atom. The fourth-order valence-corrected chi connectivity index (χ4v) is 3.58. The number of rotatable bonds is 5. The number of benzene rings is 1. The number of halogens is 1. The summed E-state index contributed by atoms with van der Waals surface area (Å²) in [5.41, 5.74) is 4.60. The molecule has 0 unspecified atom stereocenters. The van der Waals surface area contributed by atoms with Crippen LogP contribution in [0.5, 0.6) is 0 Å². The van der Waals surface area contributed by atoms with Gasteiger partial charge in [0.1, 0.15) is 0 Å². The molecule has 0 spiro atoms. The number of fused-ring (bicyclic) bond motifs is 1. The number of nitrogens with zero attached hydrogens (tertiary/aromatic N) is 2. The van der Waals surface area contributed by atoms with Crippen molar-refractivity contribution in [3.8, 4) is 0 Å². The molecule has 0 radical (unpaired) electrons. The van der Waals surface area contributed by atoms with Crippen LogP contribution in [-0.4, -0.2) is 34.1 Å². The molecule has 1 aromatic carbocycles. The summed E-state index contributed by atoms with van der Waals surface area (Å²) in [4.78, 5) is 17.7. The summed E-state index contributed by atoms with van der Waals surface area (Å²) in [5, 5.41) is 0. The SMILES string of the molecule is CC(/C=C/Cl)=C\C=C\CN1CCC(n2c(=O)[nH]c3ccccc32)CC1. The van der Waals surface area contributed by atoms with Crippen LogP contribution in [0.15, 0.2) is 64.5 Å². The van der Waals surface area contributed by atoms with Gasteiger partial charge in [0.05, 0.1) is 11.0 Å². The molecule has 0 atom stereocenters. The predicted molar refractivity (Wildman–Crippen MR) is 105 cm³/mol. The number of aromatic amines is 1. The van der Waals surface area contributed by atoms with E-state index in [-0.39, 0.29) is 11.7 Å². The number of imidazole rings is 1. The minimum absolute atomic E-state index is 0.00695. The summed E-state index contributed by atoms with van der Waals surface area (Å²) < 4.78 is 1.94. The van der Waals surface area contributed by atoms with Crippen LogP contribution in [0.3, 0.4) is 0 Å². The van der Waals surface area contributed by atoms with Crippen LogP contribution in [0.1, 0.15) is 25.8 Å². The molecule has 1 fully saturated rings. The van der Waals surface area contributed by atoms with Crippen molar-refractivity contribution in [1.82, 2.24) is 14.5 Å². The molecule has 1 saturated heterocycles. The van der Waals surface area contributed by atoms with Crippen LogP contribution in [0.4, 0.5) is 0 Å². The quantitative estimate of drug-likeness (QED) is 0.814. The average Bonchev–Trinajstić information content (AvgIpc) is 2.95. The molecule has 1 aromatic heterocycles. The highest BCUT2D eigenvalue weighted by Crippen LogP contribution is 2.24. The number of piperidine rings is 1. The summed E-state index contributed by atoms with van der Waals surface area (Å²) in [6, 6.07) is 8.20. The second-order valence-corrected chi connectivity index (χ2v) is 6.73. The van der Waals surface area contributed by atoms with Gasteiger partial charge in [-0.3, -0.25) is 9.47 Å². The molecular weight excluding hydrogens is 334 g/mol. The normalized spacial score (nSPS) is 18.1. The maximum absolute atomic E-state index is 12.3. The zero-order valence-electron chi connectivity index (χ0n) is 14.5. The third-order valence-corrected chi connectivity index (χ3v) is 4.86. The zero-order valence-corrected chi connectivity index (χ0v) is 15.2. The first-order chi connectivity index (χ1) is 12.2. The largest absolute Gasteiger partial charge is 0.326 e. The van der Waals surface area contributed by atoms with Gasteiger partial charge in [0.15, 0.2) is 0 Å². The Morgan fingerprint density at radius 3 is 2.84 bits per heavy atom. The number of hydrogen-bond acceptors (Lipinski definition) is 2. The monoisotopic (exact) mass is 357 g/mol. The van der Waals surface area contributed by atoms with E-state index in [1.54, 1.807) is 0 Å². The van der Waals surface area contributed by atoms with Crippen LogP contribution in [-0.2, 0) is 0 Å². The number of aromatic nitrogens is 2. The summed E-state index contributed by atoms with van der Waals surface area (Å²) >= 11 is 5.55. The Bertz CT molecular complexity index is 851. The van der Waals surface area contributed by atoms with Crippen molar-refractivity contribution in [3.05, 3.63) is 70.2 Å². The lowest BCUT2D eigenvalue weighted by atomic mass is 10.0. The molecule has 1 N–H and O–H groups in total. The lowest BCUT2D eigenvalue weighted by Gasteiger charge is -2.31. The topological polar surface area (TPSA) is 41.0 Å². The van der Waals surface area contributed by atoms with E-state index in [0.29, 0.717) is 0 Å². The molecule has 0 amide bonds. The van der Waals surface area contributed by atoms with Crippen molar-refractivity contribution in [2.24, 2.45) is 0 Å². The third-order valence-electron chi connectivity index (χ3n) is 4.73. The molecule has 0 aliphatic carbocycles. The average molecular weight is 358 g/mol. The van der Waals surface area contributed by atoms with Gasteiger partial charge in [-0.15, -0.1) is 0 Å². The molecule has 0 saturated carbocycles. The van der Waals surface area contributed by atoms with Crippen molar-refractivity contribution >= 4 is 22.6 Å². The minimum atomic E-state index is 0.00695. The van der Waals surface area contributed by atoms with Crippen molar-refractivity contribution in [2.75, 3.05) is 19.6 Å². The molecule has 5 heteroatoms. The Morgan fingerprint density at radius 2 is 2.08 bits per heavy atom. The fraction of sp³-hybridized carbons (Fsp3) is 0.350. The number of likely N-dealkylation sites (tertiary alicyclic amines) is 1. The van der Waals surface area contributed by atoms with E-state index >= 15 is 0 Å². The van der Waals surface area contributed by atoms with Crippen LogP contribution in [0, 0.1) is 0 Å². The highest BCUT2D eigenvalue weighted by molar-refractivity contribution is 6.25. The van der Waals surface area contributed by atoms with Gasteiger partial charge in [-0.2, -0.15) is 0 Å². The van der Waals surface area contributed by atoms with Crippen molar-refractivity contribution in [2.45, 2.75) is 25.8 Å². The number of para-hydroxylation sites is 2. The summed E-state index contributed by atoms with van der Waals surface area (Å²) in [6.45, 7) is 4.97. The van der Waals surface area contributed by atoms with E-state index in [4.69, 9.17) is 11.6 Å². The number of nitrogens with one attached hydrogen (secondary N) is 1. The van der Waals surface area contributed by atoms with E-state index in [2.05, 4.69) is 28.1 Å². The Hall–Kier alpha value is -2.04. The molecule has 1 aliphatic heterocycles. The maximum atomic E-state index is 12.3. The second kappa shape index (κ2) is 8.37. The molecule has 132 valence electrons. The van der Waals surface area contributed by atoms with Gasteiger partial charge in [0.2, 0.25) is 0 Å². The fourth-order valence-electron chi connectivity index (χ4n) is 3.38. The van der Waals surface area contributed by atoms with Gasteiger partial charge in [-0.25, -0.2) is 4.79 Å². The first-order valence-electron chi connectivity index (χ1n) is 8.71. The van der Waals surface area contributed by atoms with Crippen LogP contribution >= 0.6 is 11.6 Å². The molecule has 2 heterocycles. The lowest BCUT2D eigenvalue weighted by Crippen LogP contribution is -2.37. The molecular formula is C20H24ClN3O. The third kappa shape index (κ3) is 4.33.